The van der Waals surface area contributed by atoms with Crippen molar-refractivity contribution in [1.82, 2.24) is 4.98 Å². The summed E-state index contributed by atoms with van der Waals surface area (Å²) in [6.45, 7) is 1.30. The Morgan fingerprint density at radius 2 is 2.26 bits per heavy atom. The molecule has 0 saturated carbocycles. The highest BCUT2D eigenvalue weighted by Gasteiger charge is 2.17. The zero-order chi connectivity index (χ0) is 13.2. The van der Waals surface area contributed by atoms with Gasteiger partial charge in [-0.1, -0.05) is 23.5 Å². The van der Waals surface area contributed by atoms with Crippen LogP contribution in [0, 0.1) is 0 Å². The molecule has 98 valence electrons. The number of ether oxygens (including phenoxy) is 1. The average molecular weight is 339 g/mol. The van der Waals surface area contributed by atoms with Crippen LogP contribution in [-0.4, -0.2) is 17.5 Å². The molecule has 0 atom stereocenters. The molecule has 19 heavy (non-hydrogen) atoms. The number of hydrogen-bond acceptors (Lipinski definition) is 4. The molecule has 4 nitrogen and oxygen atoms in total. The van der Waals surface area contributed by atoms with Crippen LogP contribution in [0.3, 0.4) is 0 Å². The van der Waals surface area contributed by atoms with Gasteiger partial charge < -0.3 is 4.74 Å². The molecule has 2 aromatic rings. The molecule has 1 aliphatic heterocycles. The van der Waals surface area contributed by atoms with Crippen molar-refractivity contribution in [3.8, 4) is 0 Å². The van der Waals surface area contributed by atoms with Crippen molar-refractivity contribution in [2.24, 2.45) is 0 Å². The maximum atomic E-state index is 12.1. The lowest BCUT2D eigenvalue weighted by Crippen LogP contribution is -2.12. The Hall–Kier alpha value is -1.24. The summed E-state index contributed by atoms with van der Waals surface area (Å²) < 4.78 is 6.14. The second kappa shape index (κ2) is 5.40. The molecule has 0 spiro atoms. The van der Waals surface area contributed by atoms with Gasteiger partial charge in [0.15, 0.2) is 5.13 Å². The first-order valence-electron chi connectivity index (χ1n) is 5.86. The van der Waals surface area contributed by atoms with E-state index in [1.807, 2.05) is 18.2 Å². The topological polar surface area (TPSA) is 51.2 Å². The predicted octanol–water partition coefficient (Wildman–Crippen LogP) is 3.23. The molecule has 1 aromatic carbocycles. The van der Waals surface area contributed by atoms with Crippen molar-refractivity contribution in [3.05, 3.63) is 44.9 Å². The minimum absolute atomic E-state index is 0.153. The van der Waals surface area contributed by atoms with Crippen LogP contribution in [0.1, 0.15) is 20.9 Å². The van der Waals surface area contributed by atoms with E-state index in [4.69, 9.17) is 4.74 Å². The number of hydrogen-bond donors (Lipinski definition) is 1. The first-order chi connectivity index (χ1) is 9.24. The molecule has 1 N–H and O–H groups in total. The third-order valence-electron chi connectivity index (χ3n) is 2.83. The van der Waals surface area contributed by atoms with Gasteiger partial charge in [0.1, 0.15) is 0 Å². The third-order valence-corrected chi connectivity index (χ3v) is 4.51. The minimum Gasteiger partial charge on any atom is -0.375 e. The van der Waals surface area contributed by atoms with Crippen molar-refractivity contribution in [1.29, 1.82) is 0 Å². The number of carbonyl (C=O) groups is 1. The lowest BCUT2D eigenvalue weighted by atomic mass is 10.2. The fourth-order valence-electron chi connectivity index (χ4n) is 1.89. The summed E-state index contributed by atoms with van der Waals surface area (Å²) in [6.07, 6.45) is 0.816. The Morgan fingerprint density at radius 3 is 3.05 bits per heavy atom. The lowest BCUT2D eigenvalue weighted by molar-refractivity contribution is 0.102. The van der Waals surface area contributed by atoms with E-state index in [-0.39, 0.29) is 5.91 Å². The van der Waals surface area contributed by atoms with Crippen LogP contribution in [0.15, 0.2) is 28.7 Å². The number of halogens is 1. The van der Waals surface area contributed by atoms with Gasteiger partial charge in [0.05, 0.1) is 29.3 Å². The van der Waals surface area contributed by atoms with Gasteiger partial charge in [0, 0.05) is 10.9 Å². The van der Waals surface area contributed by atoms with Gasteiger partial charge in [-0.2, -0.15) is 0 Å². The van der Waals surface area contributed by atoms with Gasteiger partial charge in [-0.3, -0.25) is 10.1 Å². The predicted molar refractivity (Wildman–Crippen MR) is 77.6 cm³/mol. The van der Waals surface area contributed by atoms with E-state index in [9.17, 15) is 4.79 Å². The van der Waals surface area contributed by atoms with Gasteiger partial charge in [0.25, 0.3) is 5.91 Å². The van der Waals surface area contributed by atoms with Crippen LogP contribution >= 0.6 is 27.3 Å². The number of carbonyl (C=O) groups excluding carboxylic acids is 1. The van der Waals surface area contributed by atoms with Crippen molar-refractivity contribution in [3.63, 3.8) is 0 Å². The quantitative estimate of drug-likeness (QED) is 0.914. The molecule has 3 rings (SSSR count). The van der Waals surface area contributed by atoms with Crippen LogP contribution in [0.25, 0.3) is 0 Å². The zero-order valence-corrected chi connectivity index (χ0v) is 12.4. The van der Waals surface area contributed by atoms with E-state index in [0.29, 0.717) is 23.9 Å². The average Bonchev–Trinajstić information content (AvgIpc) is 2.81. The number of amides is 1. The third kappa shape index (κ3) is 2.70. The smallest absolute Gasteiger partial charge is 0.258 e. The Labute approximate surface area is 122 Å². The van der Waals surface area contributed by atoms with Crippen molar-refractivity contribution < 1.29 is 9.53 Å². The van der Waals surface area contributed by atoms with Crippen LogP contribution in [-0.2, 0) is 17.8 Å². The van der Waals surface area contributed by atoms with Crippen LogP contribution in [0.4, 0.5) is 5.13 Å². The number of benzene rings is 1. The van der Waals surface area contributed by atoms with Crippen molar-refractivity contribution in [2.45, 2.75) is 13.0 Å². The molecule has 6 heteroatoms. The molecule has 0 bridgehead atoms. The molecule has 1 aliphatic rings. The number of aromatic nitrogens is 1. The Bertz CT molecular complexity index is 603. The molecule has 1 amide bonds. The Morgan fingerprint density at radius 1 is 1.42 bits per heavy atom. The molecule has 1 aromatic heterocycles. The summed E-state index contributed by atoms with van der Waals surface area (Å²) in [4.78, 5) is 17.7. The first kappa shape index (κ1) is 12.8. The minimum atomic E-state index is -0.153. The van der Waals surface area contributed by atoms with E-state index in [1.54, 1.807) is 6.07 Å². The second-order valence-corrected chi connectivity index (χ2v) is 6.06. The number of anilines is 1. The molecule has 0 aliphatic carbocycles. The summed E-state index contributed by atoms with van der Waals surface area (Å²) in [5.74, 6) is -0.153. The number of nitrogens with zero attached hydrogens (tertiary/aromatic N) is 1. The van der Waals surface area contributed by atoms with E-state index >= 15 is 0 Å². The molecule has 0 unspecified atom stereocenters. The van der Waals surface area contributed by atoms with Gasteiger partial charge in [-0.05, 0) is 28.1 Å². The van der Waals surface area contributed by atoms with Crippen LogP contribution < -0.4 is 5.32 Å². The van der Waals surface area contributed by atoms with E-state index < -0.39 is 0 Å². The van der Waals surface area contributed by atoms with Crippen molar-refractivity contribution in [2.75, 3.05) is 11.9 Å². The fourth-order valence-corrected chi connectivity index (χ4v) is 3.29. The highest BCUT2D eigenvalue weighted by Crippen LogP contribution is 2.27. The summed E-state index contributed by atoms with van der Waals surface area (Å²) in [5, 5.41) is 3.47. The normalized spacial score (nSPS) is 13.9. The summed E-state index contributed by atoms with van der Waals surface area (Å²) in [7, 11) is 0. The molecule has 0 radical (unpaired) electrons. The SMILES string of the molecule is O=C(Nc1nc2c(s1)COCC2)c1ccccc1Br. The standard InChI is InChI=1S/C13H11BrN2O2S/c14-9-4-2-1-3-8(9)12(17)16-13-15-10-5-6-18-7-11(10)19-13/h1-4H,5-7H2,(H,15,16,17). The molecule has 2 heterocycles. The van der Waals surface area contributed by atoms with E-state index in [2.05, 4.69) is 26.2 Å². The van der Waals surface area contributed by atoms with Gasteiger partial charge in [-0.25, -0.2) is 4.98 Å². The number of thiazole rings is 1. The Balaban J connectivity index is 1.80. The Kier molecular flexibility index (Phi) is 3.63. The molecular weight excluding hydrogens is 328 g/mol. The van der Waals surface area contributed by atoms with Gasteiger partial charge in [-0.15, -0.1) is 0 Å². The summed E-state index contributed by atoms with van der Waals surface area (Å²) in [5.41, 5.74) is 1.64. The van der Waals surface area contributed by atoms with Crippen LogP contribution in [0.5, 0.6) is 0 Å². The van der Waals surface area contributed by atoms with E-state index in [1.165, 1.54) is 11.3 Å². The molecule has 0 fully saturated rings. The zero-order valence-electron chi connectivity index (χ0n) is 9.98. The maximum Gasteiger partial charge on any atom is 0.258 e. The number of rotatable bonds is 2. The molecule has 0 saturated heterocycles. The lowest BCUT2D eigenvalue weighted by Gasteiger charge is -2.08. The van der Waals surface area contributed by atoms with Crippen LogP contribution in [0.2, 0.25) is 0 Å². The largest absolute Gasteiger partial charge is 0.375 e. The fraction of sp³-hybridized carbons (Fsp3) is 0.231. The van der Waals surface area contributed by atoms with Gasteiger partial charge >= 0.3 is 0 Å². The highest BCUT2D eigenvalue weighted by molar-refractivity contribution is 9.10. The monoisotopic (exact) mass is 338 g/mol. The highest BCUT2D eigenvalue weighted by atomic mass is 79.9. The number of fused-ring (bicyclic) bond motifs is 1. The van der Waals surface area contributed by atoms with E-state index in [0.717, 1.165) is 21.5 Å². The van der Waals surface area contributed by atoms with Gasteiger partial charge in [0.2, 0.25) is 0 Å². The second-order valence-electron chi connectivity index (χ2n) is 4.13. The summed E-state index contributed by atoms with van der Waals surface area (Å²) >= 11 is 4.85. The van der Waals surface area contributed by atoms with Crippen molar-refractivity contribution >= 4 is 38.3 Å². The maximum absolute atomic E-state index is 12.1. The summed E-state index contributed by atoms with van der Waals surface area (Å²) in [6, 6.07) is 7.33. The molecular formula is C13H11BrN2O2S. The number of nitrogens with one attached hydrogen (secondary N) is 1. The first-order valence-corrected chi connectivity index (χ1v) is 7.47.